The van der Waals surface area contributed by atoms with Gasteiger partial charge in [0, 0.05) is 6.42 Å². The molecule has 2 rings (SSSR count). The van der Waals surface area contributed by atoms with Crippen LogP contribution in [0.2, 0.25) is 0 Å². The summed E-state index contributed by atoms with van der Waals surface area (Å²) in [4.78, 5) is 31.3. The van der Waals surface area contributed by atoms with Crippen LogP contribution in [0, 0.1) is 0 Å². The van der Waals surface area contributed by atoms with E-state index in [0.717, 1.165) is 0 Å². The van der Waals surface area contributed by atoms with Gasteiger partial charge in [-0.2, -0.15) is 4.98 Å². The molecule has 2 unspecified atom stereocenters. The van der Waals surface area contributed by atoms with Crippen molar-refractivity contribution in [3.05, 3.63) is 16.8 Å². The number of aliphatic hydroxyl groups excluding tert-OH is 1. The molecule has 162 valence electrons. The summed E-state index contributed by atoms with van der Waals surface area (Å²) < 4.78 is 24.0. The summed E-state index contributed by atoms with van der Waals surface area (Å²) >= 11 is 1.29. The number of nitrogens with zero attached hydrogens (tertiary/aromatic N) is 3. The van der Waals surface area contributed by atoms with Crippen LogP contribution in [0.4, 0.5) is 5.95 Å². The van der Waals surface area contributed by atoms with E-state index in [1.807, 2.05) is 13.8 Å². The number of carbonyl (C=O) groups is 1. The predicted molar refractivity (Wildman–Crippen MR) is 108 cm³/mol. The molecule has 1 aliphatic heterocycles. The highest BCUT2D eigenvalue weighted by Crippen LogP contribution is 2.41. The summed E-state index contributed by atoms with van der Waals surface area (Å²) in [6.45, 7) is 5.37. The molecule has 11 nitrogen and oxygen atoms in total. The van der Waals surface area contributed by atoms with Crippen molar-refractivity contribution in [3.8, 4) is 0 Å². The number of rotatable bonds is 10. The molecular weight excluding hydrogens is 421 g/mol. The Morgan fingerprint density at radius 1 is 1.52 bits per heavy atom. The molecule has 1 aromatic heterocycles. The Balaban J connectivity index is 1.82. The number of aromatic nitrogens is 3. The van der Waals surface area contributed by atoms with Gasteiger partial charge >= 0.3 is 19.8 Å². The minimum Gasteiger partial charge on any atom is -0.461 e. The Kier molecular flexibility index (Phi) is 8.97. The van der Waals surface area contributed by atoms with Crippen LogP contribution in [-0.2, 0) is 18.6 Å². The maximum absolute atomic E-state index is 12.1. The molecule has 0 radical (unpaired) electrons. The van der Waals surface area contributed by atoms with Crippen molar-refractivity contribution in [1.29, 1.82) is 0 Å². The van der Waals surface area contributed by atoms with Crippen molar-refractivity contribution in [2.24, 2.45) is 0 Å². The highest BCUT2D eigenvalue weighted by molar-refractivity contribution is 8.00. The molecule has 1 saturated heterocycles. The third-order valence-electron chi connectivity index (χ3n) is 4.46. The Morgan fingerprint density at radius 2 is 2.21 bits per heavy atom. The number of thioether (sulfide) groups is 1. The van der Waals surface area contributed by atoms with Crippen LogP contribution in [0.5, 0.6) is 0 Å². The number of aliphatic hydroxyl groups is 1. The SMILES string of the molecule is CCC(CC)OC(=O)[C@H](C)N[P+](=O)OCC1S[C@@H](n2cnc(N)nc2=O)C[C@H]1O. The highest BCUT2D eigenvalue weighted by Gasteiger charge is 2.38. The monoisotopic (exact) mass is 448 g/mol. The molecular formula is C16H27N5O6PS+. The zero-order chi connectivity index (χ0) is 21.6. The average molecular weight is 448 g/mol. The number of hydrogen-bond donors (Lipinski definition) is 3. The highest BCUT2D eigenvalue weighted by atomic mass is 32.2. The molecule has 29 heavy (non-hydrogen) atoms. The van der Waals surface area contributed by atoms with E-state index in [9.17, 15) is 19.3 Å². The number of esters is 1. The predicted octanol–water partition coefficient (Wildman–Crippen LogP) is 0.969. The molecule has 0 bridgehead atoms. The van der Waals surface area contributed by atoms with E-state index < -0.39 is 37.2 Å². The van der Waals surface area contributed by atoms with Crippen molar-refractivity contribution < 1.29 is 23.7 Å². The standard InChI is InChI=1S/C16H26N5O6PS/c1-4-10(5-2)27-14(23)9(3)20-28(25)26-7-12-11(22)6-13(29-12)21-8-18-15(17)19-16(21)24/h8-13,22H,4-7H2,1-3H3,(H2-,17,19,20,24,25)/p+1/t9-,11+,12?,13+/m0/s1. The topological polar surface area (TPSA) is 159 Å². The van der Waals surface area contributed by atoms with Gasteiger partial charge in [0.2, 0.25) is 5.95 Å². The molecule has 1 aromatic rings. The van der Waals surface area contributed by atoms with Gasteiger partial charge in [-0.1, -0.05) is 18.9 Å². The lowest BCUT2D eigenvalue weighted by molar-refractivity contribution is -0.151. The second-order valence-corrected chi connectivity index (χ2v) is 9.07. The van der Waals surface area contributed by atoms with Crippen LogP contribution in [0.3, 0.4) is 0 Å². The number of ether oxygens (including phenoxy) is 1. The first-order chi connectivity index (χ1) is 13.7. The molecule has 0 saturated carbocycles. The zero-order valence-corrected chi connectivity index (χ0v) is 18.3. The van der Waals surface area contributed by atoms with E-state index >= 15 is 0 Å². The molecule has 1 fully saturated rings. The van der Waals surface area contributed by atoms with Crippen LogP contribution in [0.1, 0.15) is 45.4 Å². The van der Waals surface area contributed by atoms with E-state index in [2.05, 4.69) is 15.1 Å². The number of nitrogen functional groups attached to an aromatic ring is 1. The van der Waals surface area contributed by atoms with E-state index in [4.69, 9.17) is 15.0 Å². The van der Waals surface area contributed by atoms with Gasteiger partial charge in [0.05, 0.1) is 16.7 Å². The Labute approximate surface area is 173 Å². The summed E-state index contributed by atoms with van der Waals surface area (Å²) in [5, 5.41) is 12.0. The van der Waals surface area contributed by atoms with Crippen LogP contribution in [0.25, 0.3) is 0 Å². The molecule has 0 aliphatic carbocycles. The summed E-state index contributed by atoms with van der Waals surface area (Å²) in [5.74, 6) is -0.613. The van der Waals surface area contributed by atoms with Crippen molar-refractivity contribution in [2.45, 2.75) is 68.9 Å². The second-order valence-electron chi connectivity index (χ2n) is 6.62. The molecule has 0 spiro atoms. The van der Waals surface area contributed by atoms with Crippen molar-refractivity contribution in [3.63, 3.8) is 0 Å². The van der Waals surface area contributed by atoms with Gasteiger partial charge in [-0.3, -0.25) is 9.36 Å². The molecule has 2 heterocycles. The Morgan fingerprint density at radius 3 is 2.83 bits per heavy atom. The summed E-state index contributed by atoms with van der Waals surface area (Å²) in [6, 6.07) is -0.793. The minimum atomic E-state index is -2.34. The smallest absolute Gasteiger partial charge is 0.461 e. The number of anilines is 1. The molecule has 0 amide bonds. The molecule has 0 aromatic carbocycles. The largest absolute Gasteiger partial charge is 0.613 e. The Hall–Kier alpha value is -1.59. The lowest BCUT2D eigenvalue weighted by Gasteiger charge is -2.15. The fourth-order valence-electron chi connectivity index (χ4n) is 2.70. The number of nitrogens with one attached hydrogen (secondary N) is 1. The van der Waals surface area contributed by atoms with E-state index in [0.29, 0.717) is 12.8 Å². The lowest BCUT2D eigenvalue weighted by atomic mass is 10.2. The van der Waals surface area contributed by atoms with Gasteiger partial charge in [-0.25, -0.2) is 9.78 Å². The van der Waals surface area contributed by atoms with Crippen LogP contribution in [0.15, 0.2) is 11.1 Å². The van der Waals surface area contributed by atoms with Crippen LogP contribution >= 0.6 is 19.9 Å². The van der Waals surface area contributed by atoms with Crippen molar-refractivity contribution in [2.75, 3.05) is 12.3 Å². The second kappa shape index (κ2) is 11.0. The fraction of sp³-hybridized carbons (Fsp3) is 0.750. The Bertz CT molecular complexity index is 776. The van der Waals surface area contributed by atoms with Gasteiger partial charge in [-0.15, -0.1) is 16.3 Å². The summed E-state index contributed by atoms with van der Waals surface area (Å²) in [7, 11) is -2.34. The first-order valence-corrected chi connectivity index (χ1v) is 11.5. The van der Waals surface area contributed by atoms with Crippen molar-refractivity contribution in [1.82, 2.24) is 19.6 Å². The lowest BCUT2D eigenvalue weighted by Crippen LogP contribution is -2.34. The maximum Gasteiger partial charge on any atom is 0.613 e. The molecule has 1 aliphatic rings. The van der Waals surface area contributed by atoms with E-state index in [1.54, 1.807) is 6.92 Å². The van der Waals surface area contributed by atoms with Crippen LogP contribution in [-0.4, -0.2) is 55.7 Å². The van der Waals surface area contributed by atoms with E-state index in [1.165, 1.54) is 22.7 Å². The van der Waals surface area contributed by atoms with Gasteiger partial charge in [0.15, 0.2) is 0 Å². The first kappa shape index (κ1) is 23.7. The van der Waals surface area contributed by atoms with Crippen LogP contribution < -0.4 is 16.5 Å². The molecule has 13 heteroatoms. The van der Waals surface area contributed by atoms with Gasteiger partial charge in [-0.05, 0) is 24.3 Å². The van der Waals surface area contributed by atoms with E-state index in [-0.39, 0.29) is 30.5 Å². The van der Waals surface area contributed by atoms with Gasteiger partial charge < -0.3 is 15.6 Å². The van der Waals surface area contributed by atoms with Gasteiger partial charge in [0.1, 0.15) is 25.1 Å². The third kappa shape index (κ3) is 6.71. The summed E-state index contributed by atoms with van der Waals surface area (Å²) in [5.41, 5.74) is 4.83. The zero-order valence-electron chi connectivity index (χ0n) is 16.6. The minimum absolute atomic E-state index is 0.0244. The third-order valence-corrected chi connectivity index (χ3v) is 6.98. The number of hydrogen-bond acceptors (Lipinski definition) is 10. The fourth-order valence-corrected chi connectivity index (χ4v) is 5.02. The molecule has 4 N–H and O–H groups in total. The van der Waals surface area contributed by atoms with Crippen molar-refractivity contribution >= 4 is 31.9 Å². The number of carbonyl (C=O) groups excluding carboxylic acids is 1. The molecule has 5 atom stereocenters. The average Bonchev–Trinajstić information content (AvgIpc) is 3.04. The van der Waals surface area contributed by atoms with Gasteiger partial charge in [0.25, 0.3) is 0 Å². The normalized spacial score (nSPS) is 23.2. The quantitative estimate of drug-likeness (QED) is 0.346. The maximum atomic E-state index is 12.1. The number of nitrogens with two attached hydrogens (primary N) is 1. The first-order valence-electron chi connectivity index (χ1n) is 9.36. The summed E-state index contributed by atoms with van der Waals surface area (Å²) in [6.07, 6.45) is 2.04.